The number of ether oxygens (including phenoxy) is 2. The number of esters is 1. The van der Waals surface area contributed by atoms with E-state index in [1.807, 2.05) is 12.1 Å². The van der Waals surface area contributed by atoms with Crippen LogP contribution in [-0.4, -0.2) is 32.2 Å². The lowest BCUT2D eigenvalue weighted by molar-refractivity contribution is -0.146. The van der Waals surface area contributed by atoms with Crippen LogP contribution in [0.15, 0.2) is 28.7 Å². The fraction of sp³-hybridized carbons (Fsp3) is 0.467. The highest BCUT2D eigenvalue weighted by molar-refractivity contribution is 9.10. The maximum absolute atomic E-state index is 12.3. The summed E-state index contributed by atoms with van der Waals surface area (Å²) in [4.78, 5) is 24.3. The summed E-state index contributed by atoms with van der Waals surface area (Å²) in [7, 11) is 1.31. The largest absolute Gasteiger partial charge is 0.467 e. The summed E-state index contributed by atoms with van der Waals surface area (Å²) in [6.45, 7) is 1.16. The molecule has 1 heterocycles. The minimum atomic E-state index is -0.789. The van der Waals surface area contributed by atoms with Crippen molar-refractivity contribution in [1.29, 1.82) is 0 Å². The zero-order valence-electron chi connectivity index (χ0n) is 11.8. The van der Waals surface area contributed by atoms with Crippen LogP contribution in [0, 0.1) is 5.92 Å². The van der Waals surface area contributed by atoms with Crippen molar-refractivity contribution in [2.45, 2.75) is 18.9 Å². The summed E-state index contributed by atoms with van der Waals surface area (Å²) >= 11 is 3.36. The molecular formula is C15H18BrNO4. The van der Waals surface area contributed by atoms with Gasteiger partial charge in [0, 0.05) is 23.6 Å². The Kier molecular flexibility index (Phi) is 5.76. The number of carbonyl (C=O) groups excluding carboxylic acids is 2. The molecule has 1 aromatic carbocycles. The molecule has 1 N–H and O–H groups in total. The van der Waals surface area contributed by atoms with Gasteiger partial charge in [0.05, 0.1) is 7.11 Å². The Morgan fingerprint density at radius 1 is 1.38 bits per heavy atom. The number of rotatable bonds is 4. The van der Waals surface area contributed by atoms with Crippen LogP contribution in [0.1, 0.15) is 24.4 Å². The highest BCUT2D eigenvalue weighted by Gasteiger charge is 2.28. The second-order valence-electron chi connectivity index (χ2n) is 4.91. The van der Waals surface area contributed by atoms with Crippen molar-refractivity contribution in [2.75, 3.05) is 20.3 Å². The predicted octanol–water partition coefficient (Wildman–Crippen LogP) is 2.21. The summed E-state index contributed by atoms with van der Waals surface area (Å²) in [5.74, 6) is -0.722. The molecule has 1 aliphatic rings. The molecular weight excluding hydrogens is 338 g/mol. The van der Waals surface area contributed by atoms with Gasteiger partial charge in [-0.05, 0) is 30.5 Å². The molecule has 1 saturated heterocycles. The van der Waals surface area contributed by atoms with Crippen LogP contribution in [-0.2, 0) is 19.1 Å². The first-order valence-electron chi connectivity index (χ1n) is 6.83. The van der Waals surface area contributed by atoms with Gasteiger partial charge in [0.1, 0.15) is 0 Å². The molecule has 1 aliphatic heterocycles. The van der Waals surface area contributed by atoms with E-state index in [4.69, 9.17) is 9.47 Å². The lowest BCUT2D eigenvalue weighted by Crippen LogP contribution is -2.40. The standard InChI is InChI=1S/C15H18BrNO4/c1-20-15(19)13(11-3-2-4-12(16)9-11)17-14(18)10-5-7-21-8-6-10/h2-4,9-10,13H,5-8H2,1H3,(H,17,18). The van der Waals surface area contributed by atoms with Gasteiger partial charge >= 0.3 is 5.97 Å². The van der Waals surface area contributed by atoms with Crippen LogP contribution < -0.4 is 5.32 Å². The number of methoxy groups -OCH3 is 1. The van der Waals surface area contributed by atoms with Crippen molar-refractivity contribution in [3.05, 3.63) is 34.3 Å². The van der Waals surface area contributed by atoms with Crippen molar-refractivity contribution in [1.82, 2.24) is 5.32 Å². The van der Waals surface area contributed by atoms with Crippen molar-refractivity contribution in [3.63, 3.8) is 0 Å². The molecule has 1 amide bonds. The second-order valence-corrected chi connectivity index (χ2v) is 5.82. The molecule has 0 bridgehead atoms. The van der Waals surface area contributed by atoms with Crippen LogP contribution >= 0.6 is 15.9 Å². The molecule has 5 nitrogen and oxygen atoms in total. The summed E-state index contributed by atoms with van der Waals surface area (Å²) in [5, 5.41) is 2.79. The average Bonchev–Trinajstić information content (AvgIpc) is 2.52. The van der Waals surface area contributed by atoms with Gasteiger partial charge in [-0.15, -0.1) is 0 Å². The molecule has 6 heteroatoms. The first-order valence-corrected chi connectivity index (χ1v) is 7.62. The molecule has 1 unspecified atom stereocenters. The fourth-order valence-corrected chi connectivity index (χ4v) is 2.72. The monoisotopic (exact) mass is 355 g/mol. The van der Waals surface area contributed by atoms with Crippen molar-refractivity contribution in [2.24, 2.45) is 5.92 Å². The number of hydrogen-bond acceptors (Lipinski definition) is 4. The number of nitrogens with one attached hydrogen (secondary N) is 1. The van der Waals surface area contributed by atoms with E-state index in [2.05, 4.69) is 21.2 Å². The van der Waals surface area contributed by atoms with Gasteiger partial charge in [0.15, 0.2) is 6.04 Å². The lowest BCUT2D eigenvalue weighted by Gasteiger charge is -2.24. The van der Waals surface area contributed by atoms with Crippen molar-refractivity contribution in [3.8, 4) is 0 Å². The quantitative estimate of drug-likeness (QED) is 0.841. The highest BCUT2D eigenvalue weighted by atomic mass is 79.9. The van der Waals surface area contributed by atoms with Crippen LogP contribution in [0.2, 0.25) is 0 Å². The molecule has 1 atom stereocenters. The van der Waals surface area contributed by atoms with Crippen LogP contribution in [0.5, 0.6) is 0 Å². The zero-order valence-corrected chi connectivity index (χ0v) is 13.4. The predicted molar refractivity (Wildman–Crippen MR) is 80.6 cm³/mol. The number of benzene rings is 1. The Morgan fingerprint density at radius 3 is 2.71 bits per heavy atom. The Labute approximate surface area is 132 Å². The van der Waals surface area contributed by atoms with E-state index in [0.29, 0.717) is 31.6 Å². The molecule has 2 rings (SSSR count). The van der Waals surface area contributed by atoms with Crippen LogP contribution in [0.3, 0.4) is 0 Å². The van der Waals surface area contributed by atoms with Gasteiger partial charge in [-0.2, -0.15) is 0 Å². The fourth-order valence-electron chi connectivity index (χ4n) is 2.30. The van der Waals surface area contributed by atoms with Gasteiger partial charge < -0.3 is 14.8 Å². The zero-order chi connectivity index (χ0) is 15.2. The van der Waals surface area contributed by atoms with Gasteiger partial charge in [0.25, 0.3) is 0 Å². The Morgan fingerprint density at radius 2 is 2.10 bits per heavy atom. The van der Waals surface area contributed by atoms with E-state index >= 15 is 0 Å². The van der Waals surface area contributed by atoms with Gasteiger partial charge in [-0.3, -0.25) is 4.79 Å². The van der Waals surface area contributed by atoms with Crippen LogP contribution in [0.25, 0.3) is 0 Å². The minimum Gasteiger partial charge on any atom is -0.467 e. The molecule has 0 spiro atoms. The molecule has 21 heavy (non-hydrogen) atoms. The summed E-state index contributed by atoms with van der Waals surface area (Å²) in [6.07, 6.45) is 1.36. The van der Waals surface area contributed by atoms with Gasteiger partial charge in [-0.1, -0.05) is 28.1 Å². The third kappa shape index (κ3) is 4.28. The van der Waals surface area contributed by atoms with Gasteiger partial charge in [-0.25, -0.2) is 4.79 Å². The second kappa shape index (κ2) is 7.56. The van der Waals surface area contributed by atoms with Crippen molar-refractivity contribution < 1.29 is 19.1 Å². The van der Waals surface area contributed by atoms with E-state index in [0.717, 1.165) is 4.47 Å². The molecule has 1 fully saturated rings. The normalized spacial score (nSPS) is 17.0. The average molecular weight is 356 g/mol. The Balaban J connectivity index is 2.13. The first-order chi connectivity index (χ1) is 10.1. The molecule has 114 valence electrons. The van der Waals surface area contributed by atoms with E-state index in [1.54, 1.807) is 12.1 Å². The number of carbonyl (C=O) groups is 2. The maximum atomic E-state index is 12.3. The SMILES string of the molecule is COC(=O)C(NC(=O)C1CCOCC1)c1cccc(Br)c1. The number of hydrogen-bond donors (Lipinski definition) is 1. The van der Waals surface area contributed by atoms with Gasteiger partial charge in [0.2, 0.25) is 5.91 Å². The smallest absolute Gasteiger partial charge is 0.333 e. The topological polar surface area (TPSA) is 64.6 Å². The maximum Gasteiger partial charge on any atom is 0.333 e. The van der Waals surface area contributed by atoms with E-state index < -0.39 is 12.0 Å². The Bertz CT molecular complexity index is 514. The molecule has 1 aromatic rings. The third-order valence-electron chi connectivity index (χ3n) is 3.50. The van der Waals surface area contributed by atoms with E-state index in [1.165, 1.54) is 7.11 Å². The first kappa shape index (κ1) is 16.0. The summed E-state index contributed by atoms with van der Waals surface area (Å²) in [5.41, 5.74) is 0.691. The minimum absolute atomic E-state index is 0.113. The Hall–Kier alpha value is -1.40. The van der Waals surface area contributed by atoms with E-state index in [9.17, 15) is 9.59 Å². The summed E-state index contributed by atoms with van der Waals surface area (Å²) in [6, 6.07) is 6.47. The highest BCUT2D eigenvalue weighted by Crippen LogP contribution is 2.21. The molecule has 0 saturated carbocycles. The van der Waals surface area contributed by atoms with E-state index in [-0.39, 0.29) is 11.8 Å². The third-order valence-corrected chi connectivity index (χ3v) is 3.99. The molecule has 0 radical (unpaired) electrons. The van der Waals surface area contributed by atoms with Crippen molar-refractivity contribution >= 4 is 27.8 Å². The molecule has 0 aliphatic carbocycles. The van der Waals surface area contributed by atoms with Crippen LogP contribution in [0.4, 0.5) is 0 Å². The lowest BCUT2D eigenvalue weighted by atomic mass is 9.98. The number of amides is 1. The number of halogens is 1. The molecule has 0 aromatic heterocycles. The summed E-state index contributed by atoms with van der Waals surface area (Å²) < 4.78 is 10.9.